The van der Waals surface area contributed by atoms with Crippen molar-refractivity contribution in [3.05, 3.63) is 0 Å². The summed E-state index contributed by atoms with van der Waals surface area (Å²) >= 11 is 3.67. The third-order valence-corrected chi connectivity index (χ3v) is 3.41. The van der Waals surface area contributed by atoms with Crippen LogP contribution in [0.3, 0.4) is 0 Å². The largest absolute Gasteiger partial charge is 1.00 e. The first-order chi connectivity index (χ1) is 11.8. The monoisotopic (exact) mass is 502 g/mol. The number of rotatable bonds is 8. The number of halogens is 17. The third-order valence-electron chi connectivity index (χ3n) is 3.20. The van der Waals surface area contributed by atoms with Crippen LogP contribution < -0.4 is 29.6 Å². The van der Waals surface area contributed by atoms with Crippen molar-refractivity contribution in [3.63, 3.8) is 0 Å². The summed E-state index contributed by atoms with van der Waals surface area (Å²) in [7, 11) is 0. The Bertz CT molecular complexity index is 565. The topological polar surface area (TPSA) is 0 Å². The molecule has 0 fully saturated rings. The maximum Gasteiger partial charge on any atom is 1.00 e. The first-order valence-corrected chi connectivity index (χ1v) is 6.68. The van der Waals surface area contributed by atoms with Crippen LogP contribution >= 0.6 is 0 Å². The zero-order valence-corrected chi connectivity index (χ0v) is 16.1. The Balaban J connectivity index is 0. The first-order valence-electron chi connectivity index (χ1n) is 6.10. The van der Waals surface area contributed by atoms with Crippen LogP contribution in [0.5, 0.6) is 0 Å². The zero-order valence-electron chi connectivity index (χ0n) is 13.2. The maximum atomic E-state index is 13.2. The Morgan fingerprint density at radius 3 is 0.897 bits per heavy atom. The standard InChI is InChI=1S/C10H5F17S.Na/c11-3(12,1-2-28)4(13,14)5(15,16)6(17,18)7(19,20)8(21,22)9(23,24)10(25,26)27;/h28H,1-2H2;/q;+1/p-1. The van der Waals surface area contributed by atoms with Crippen LogP contribution in [-0.2, 0) is 12.6 Å². The van der Waals surface area contributed by atoms with E-state index in [4.69, 9.17) is 0 Å². The summed E-state index contributed by atoms with van der Waals surface area (Å²) in [5.41, 5.74) is 0. The molecule has 29 heavy (non-hydrogen) atoms. The predicted octanol–water partition coefficient (Wildman–Crippen LogP) is 2.94. The van der Waals surface area contributed by atoms with E-state index in [2.05, 4.69) is 12.6 Å². The number of hydrogen-bond donors (Lipinski definition) is 0. The summed E-state index contributed by atoms with van der Waals surface area (Å²) in [6, 6.07) is 0. The summed E-state index contributed by atoms with van der Waals surface area (Å²) in [6.45, 7) is 0. The van der Waals surface area contributed by atoms with Crippen LogP contribution in [0.4, 0.5) is 74.6 Å². The molecule has 0 N–H and O–H groups in total. The first kappa shape index (κ1) is 31.3. The summed E-state index contributed by atoms with van der Waals surface area (Å²) < 4.78 is 217. The van der Waals surface area contributed by atoms with Gasteiger partial charge in [-0.1, -0.05) is 0 Å². The van der Waals surface area contributed by atoms with E-state index >= 15 is 0 Å². The van der Waals surface area contributed by atoms with Crippen molar-refractivity contribution >= 4 is 12.6 Å². The Kier molecular flexibility index (Phi) is 8.92. The van der Waals surface area contributed by atoms with E-state index in [1.54, 1.807) is 0 Å². The number of hydrogen-bond acceptors (Lipinski definition) is 1. The van der Waals surface area contributed by atoms with Crippen LogP contribution in [0.2, 0.25) is 0 Å². The van der Waals surface area contributed by atoms with Crippen molar-refractivity contribution in [3.8, 4) is 0 Å². The van der Waals surface area contributed by atoms with Crippen LogP contribution in [0.1, 0.15) is 6.42 Å². The van der Waals surface area contributed by atoms with Gasteiger partial charge in [0.2, 0.25) is 0 Å². The van der Waals surface area contributed by atoms with Crippen molar-refractivity contribution in [1.29, 1.82) is 0 Å². The molecule has 170 valence electrons. The van der Waals surface area contributed by atoms with Gasteiger partial charge in [0.15, 0.2) is 0 Å². The molecular weight excluding hydrogens is 498 g/mol. The Hall–Kier alpha value is 0.160. The molecule has 19 heteroatoms. The quantitative estimate of drug-likeness (QED) is 0.280. The summed E-state index contributed by atoms with van der Waals surface area (Å²) in [5, 5.41) is 0. The fourth-order valence-electron chi connectivity index (χ4n) is 1.48. The normalized spacial score (nSPS) is 15.9. The summed E-state index contributed by atoms with van der Waals surface area (Å²) in [5.74, 6) is -57.5. The van der Waals surface area contributed by atoms with Gasteiger partial charge in [0.05, 0.1) is 0 Å². The van der Waals surface area contributed by atoms with E-state index in [9.17, 15) is 74.6 Å². The molecule has 0 saturated carbocycles. The molecule has 0 saturated heterocycles. The minimum atomic E-state index is -8.59. The average molecular weight is 502 g/mol. The Morgan fingerprint density at radius 1 is 0.414 bits per heavy atom. The van der Waals surface area contributed by atoms with E-state index in [1.165, 1.54) is 0 Å². The van der Waals surface area contributed by atoms with Crippen LogP contribution in [0.15, 0.2) is 0 Å². The molecule has 0 spiro atoms. The zero-order chi connectivity index (χ0) is 23.4. The van der Waals surface area contributed by atoms with E-state index in [1.807, 2.05) is 0 Å². The molecule has 0 unspecified atom stereocenters. The van der Waals surface area contributed by atoms with E-state index in [0.29, 0.717) is 0 Å². The number of alkyl halides is 17. The summed E-state index contributed by atoms with van der Waals surface area (Å²) in [6.07, 6.45) is -10.3. The van der Waals surface area contributed by atoms with Gasteiger partial charge < -0.3 is 12.6 Å². The molecule has 0 atom stereocenters. The third kappa shape index (κ3) is 4.27. The average Bonchev–Trinajstić information content (AvgIpc) is 2.44. The van der Waals surface area contributed by atoms with Crippen molar-refractivity contribution in [1.82, 2.24) is 0 Å². The molecule has 0 radical (unpaired) electrons. The predicted molar refractivity (Wildman–Crippen MR) is 57.5 cm³/mol. The van der Waals surface area contributed by atoms with Gasteiger partial charge in [0, 0.05) is 0 Å². The molecule has 0 rings (SSSR count). The molecule has 0 bridgehead atoms. The molecule has 0 aromatic rings. The molecule has 0 nitrogen and oxygen atoms in total. The second-order valence-corrected chi connectivity index (χ2v) is 5.51. The van der Waals surface area contributed by atoms with Gasteiger partial charge in [-0.05, 0) is 6.42 Å². The Morgan fingerprint density at radius 2 is 0.655 bits per heavy atom. The van der Waals surface area contributed by atoms with Crippen molar-refractivity contribution in [2.24, 2.45) is 0 Å². The van der Waals surface area contributed by atoms with Gasteiger partial charge in [0.1, 0.15) is 0 Å². The van der Waals surface area contributed by atoms with E-state index in [-0.39, 0.29) is 29.6 Å². The molecule has 0 amide bonds. The minimum Gasteiger partial charge on any atom is -0.792 e. The van der Waals surface area contributed by atoms with Gasteiger partial charge in [0.25, 0.3) is 0 Å². The minimum absolute atomic E-state index is 0. The molecule has 0 aliphatic carbocycles. The fraction of sp³-hybridized carbons (Fsp3) is 1.00. The molecule has 0 heterocycles. The summed E-state index contributed by atoms with van der Waals surface area (Å²) in [4.78, 5) is 0. The van der Waals surface area contributed by atoms with E-state index < -0.39 is 59.8 Å². The second kappa shape index (κ2) is 8.26. The second-order valence-electron chi connectivity index (χ2n) is 5.10. The molecule has 0 aliphatic heterocycles. The molecule has 0 aromatic carbocycles. The molecule has 0 aliphatic rings. The fourth-order valence-corrected chi connectivity index (χ4v) is 1.74. The molecule has 0 aromatic heterocycles. The van der Waals surface area contributed by atoms with Gasteiger partial charge in [-0.25, -0.2) is 0 Å². The van der Waals surface area contributed by atoms with Crippen molar-refractivity contribution in [2.45, 2.75) is 54.1 Å². The van der Waals surface area contributed by atoms with E-state index in [0.717, 1.165) is 0 Å². The SMILES string of the molecule is FC(F)(F)C(F)(F)C(F)(F)C(F)(F)C(F)(F)C(F)(F)C(F)(F)C(F)(F)CC[S-].[Na+]. The van der Waals surface area contributed by atoms with Crippen molar-refractivity contribution in [2.75, 3.05) is 5.75 Å². The van der Waals surface area contributed by atoms with Crippen LogP contribution in [-0.4, -0.2) is 53.4 Å². The van der Waals surface area contributed by atoms with Gasteiger partial charge in [-0.2, -0.15) is 80.4 Å². The van der Waals surface area contributed by atoms with Gasteiger partial charge in [-0.15, -0.1) is 0 Å². The van der Waals surface area contributed by atoms with Gasteiger partial charge in [-0.3, -0.25) is 0 Å². The van der Waals surface area contributed by atoms with Crippen molar-refractivity contribution < 1.29 is 104 Å². The molecular formula is C10H4F17NaS. The smallest absolute Gasteiger partial charge is 0.792 e. The van der Waals surface area contributed by atoms with Crippen LogP contribution in [0.25, 0.3) is 0 Å². The van der Waals surface area contributed by atoms with Gasteiger partial charge >= 0.3 is 77.2 Å². The van der Waals surface area contributed by atoms with Crippen LogP contribution in [0, 0.1) is 0 Å². The maximum absolute atomic E-state index is 13.2. The Labute approximate surface area is 176 Å².